The number of hydrogen-bond donors (Lipinski definition) is 1. The van der Waals surface area contributed by atoms with Crippen molar-refractivity contribution >= 4 is 22.9 Å². The minimum Gasteiger partial charge on any atom is -0.380 e. The van der Waals surface area contributed by atoms with E-state index in [1.165, 1.54) is 21.6 Å². The van der Waals surface area contributed by atoms with Gasteiger partial charge in [0.15, 0.2) is 0 Å². The zero-order chi connectivity index (χ0) is 16.7. The molecule has 0 aliphatic carbocycles. The van der Waals surface area contributed by atoms with Crippen LogP contribution < -0.4 is 5.32 Å². The maximum atomic E-state index is 6.37. The molecular weight excluding hydrogens is 340 g/mol. The summed E-state index contributed by atoms with van der Waals surface area (Å²) in [7, 11) is 0. The van der Waals surface area contributed by atoms with Crippen LogP contribution in [0.5, 0.6) is 0 Å². The Labute approximate surface area is 152 Å². The lowest BCUT2D eigenvalue weighted by Crippen LogP contribution is -2.48. The van der Waals surface area contributed by atoms with Crippen LogP contribution in [0.15, 0.2) is 24.5 Å². The van der Waals surface area contributed by atoms with Gasteiger partial charge in [-0.1, -0.05) is 17.7 Å². The van der Waals surface area contributed by atoms with E-state index in [-0.39, 0.29) is 5.41 Å². The third-order valence-corrected chi connectivity index (χ3v) is 6.78. The molecule has 5 heteroatoms. The fourth-order valence-corrected chi connectivity index (χ4v) is 5.85. The van der Waals surface area contributed by atoms with Crippen molar-refractivity contribution in [2.45, 2.75) is 50.6 Å². The van der Waals surface area contributed by atoms with E-state index in [0.717, 1.165) is 36.8 Å². The van der Waals surface area contributed by atoms with E-state index in [2.05, 4.69) is 36.3 Å². The minimum absolute atomic E-state index is 0.0583. The summed E-state index contributed by atoms with van der Waals surface area (Å²) >= 11 is 8.12. The number of fused-ring (bicyclic) bond motifs is 2. The van der Waals surface area contributed by atoms with Crippen LogP contribution in [0.25, 0.3) is 0 Å². The number of halogens is 1. The van der Waals surface area contributed by atoms with Crippen LogP contribution in [0.3, 0.4) is 0 Å². The predicted octanol–water partition coefficient (Wildman–Crippen LogP) is 4.43. The second-order valence-corrected chi connectivity index (χ2v) is 9.00. The number of piperidine rings is 1. The van der Waals surface area contributed by atoms with Crippen molar-refractivity contribution in [2.75, 3.05) is 13.2 Å². The van der Waals surface area contributed by atoms with Crippen LogP contribution in [-0.2, 0) is 16.6 Å². The van der Waals surface area contributed by atoms with Gasteiger partial charge in [-0.15, -0.1) is 11.3 Å². The number of hydrogen-bond acceptors (Lipinski definition) is 4. The highest BCUT2D eigenvalue weighted by Crippen LogP contribution is 2.48. The van der Waals surface area contributed by atoms with Crippen LogP contribution in [0, 0.1) is 6.92 Å². The summed E-state index contributed by atoms with van der Waals surface area (Å²) in [5.41, 5.74) is 3.92. The molecule has 4 rings (SSSR count). The summed E-state index contributed by atoms with van der Waals surface area (Å²) in [5.74, 6) is 0. The zero-order valence-corrected chi connectivity index (χ0v) is 15.7. The summed E-state index contributed by atoms with van der Waals surface area (Å²) < 4.78 is 6.95. The highest BCUT2D eigenvalue weighted by atomic mass is 35.5. The maximum Gasteiger partial charge on any atom is 0.0934 e. The van der Waals surface area contributed by atoms with Crippen LogP contribution in [0.2, 0.25) is 4.34 Å². The lowest BCUT2D eigenvalue weighted by molar-refractivity contribution is 0.0608. The monoisotopic (exact) mass is 362 g/mol. The third kappa shape index (κ3) is 3.01. The van der Waals surface area contributed by atoms with Gasteiger partial charge in [0.2, 0.25) is 0 Å². The molecule has 1 fully saturated rings. The summed E-state index contributed by atoms with van der Waals surface area (Å²) in [5, 5.41) is 3.77. The molecule has 0 radical (unpaired) electrons. The fourth-order valence-electron chi connectivity index (χ4n) is 4.35. The smallest absolute Gasteiger partial charge is 0.0934 e. The molecule has 0 aromatic carbocycles. The SMILES string of the molecule is Cc1cncc(C2C[C@@]3(COCCc4cc(Cl)sc43)CC(C)N2)c1. The number of aryl methyl sites for hydroxylation is 1. The predicted molar refractivity (Wildman–Crippen MR) is 99.1 cm³/mol. The minimum atomic E-state index is 0.0583. The maximum absolute atomic E-state index is 6.37. The number of nitrogens with one attached hydrogen (secondary N) is 1. The average Bonchev–Trinajstić information content (AvgIpc) is 2.86. The standard InChI is InChI=1S/C19H23ClN2OS/c1-12-5-15(10-21-9-12)16-8-19(7-13(2)22-16)11-23-4-3-14-6-17(20)24-18(14)19/h5-6,9-10,13,16,22H,3-4,7-8,11H2,1-2H3/t13?,16?,19-/m1/s1. The van der Waals surface area contributed by atoms with E-state index < -0.39 is 0 Å². The molecule has 1 saturated heterocycles. The molecule has 1 spiro atoms. The highest BCUT2D eigenvalue weighted by molar-refractivity contribution is 7.16. The molecule has 0 amide bonds. The van der Waals surface area contributed by atoms with E-state index in [9.17, 15) is 0 Å². The first-order chi connectivity index (χ1) is 11.6. The van der Waals surface area contributed by atoms with Crippen molar-refractivity contribution in [1.82, 2.24) is 10.3 Å². The van der Waals surface area contributed by atoms with Gasteiger partial charge in [-0.25, -0.2) is 0 Å². The van der Waals surface area contributed by atoms with Gasteiger partial charge in [0, 0.05) is 34.8 Å². The lowest BCUT2D eigenvalue weighted by atomic mass is 9.71. The summed E-state index contributed by atoms with van der Waals surface area (Å²) in [6.45, 7) is 5.96. The summed E-state index contributed by atoms with van der Waals surface area (Å²) in [6, 6.07) is 5.13. The number of thiophene rings is 1. The van der Waals surface area contributed by atoms with E-state index >= 15 is 0 Å². The van der Waals surface area contributed by atoms with Crippen molar-refractivity contribution < 1.29 is 4.74 Å². The first-order valence-corrected chi connectivity index (χ1v) is 9.79. The largest absolute Gasteiger partial charge is 0.380 e. The van der Waals surface area contributed by atoms with Gasteiger partial charge in [-0.05, 0) is 55.9 Å². The molecule has 128 valence electrons. The molecule has 2 unspecified atom stereocenters. The van der Waals surface area contributed by atoms with Crippen molar-refractivity contribution in [3.63, 3.8) is 0 Å². The number of rotatable bonds is 1. The molecular formula is C19H23ClN2OS. The van der Waals surface area contributed by atoms with E-state index in [4.69, 9.17) is 16.3 Å². The summed E-state index contributed by atoms with van der Waals surface area (Å²) in [6.07, 6.45) is 7.01. The molecule has 4 heterocycles. The van der Waals surface area contributed by atoms with Gasteiger partial charge in [-0.3, -0.25) is 4.98 Å². The van der Waals surface area contributed by atoms with Crippen LogP contribution in [-0.4, -0.2) is 24.2 Å². The second-order valence-electron chi connectivity index (χ2n) is 7.31. The number of nitrogens with zero attached hydrogens (tertiary/aromatic N) is 1. The lowest BCUT2D eigenvalue weighted by Gasteiger charge is -2.44. The van der Waals surface area contributed by atoms with E-state index in [1.54, 1.807) is 11.3 Å². The van der Waals surface area contributed by atoms with Crippen molar-refractivity contribution in [3.8, 4) is 0 Å². The Balaban J connectivity index is 1.74. The quantitative estimate of drug-likeness (QED) is 0.814. The van der Waals surface area contributed by atoms with E-state index in [0.29, 0.717) is 12.1 Å². The normalized spacial score (nSPS) is 30.1. The molecule has 3 nitrogen and oxygen atoms in total. The number of pyridine rings is 1. The van der Waals surface area contributed by atoms with Crippen LogP contribution in [0.1, 0.15) is 47.4 Å². The van der Waals surface area contributed by atoms with E-state index in [1.807, 2.05) is 12.4 Å². The summed E-state index contributed by atoms with van der Waals surface area (Å²) in [4.78, 5) is 5.84. The van der Waals surface area contributed by atoms with Gasteiger partial charge in [0.05, 0.1) is 17.6 Å². The highest BCUT2D eigenvalue weighted by Gasteiger charge is 2.44. The molecule has 2 aliphatic heterocycles. The van der Waals surface area contributed by atoms with Gasteiger partial charge in [0.1, 0.15) is 0 Å². The topological polar surface area (TPSA) is 34.1 Å². The Morgan fingerprint density at radius 2 is 2.21 bits per heavy atom. The molecule has 2 aromatic rings. The molecule has 0 saturated carbocycles. The van der Waals surface area contributed by atoms with Crippen LogP contribution >= 0.6 is 22.9 Å². The Morgan fingerprint density at radius 1 is 1.33 bits per heavy atom. The molecule has 24 heavy (non-hydrogen) atoms. The average molecular weight is 363 g/mol. The number of aromatic nitrogens is 1. The third-order valence-electron chi connectivity index (χ3n) is 5.23. The number of ether oxygens (including phenoxy) is 1. The molecule has 3 atom stereocenters. The first kappa shape index (κ1) is 16.5. The molecule has 1 N–H and O–H groups in total. The van der Waals surface area contributed by atoms with Crippen molar-refractivity contribution in [1.29, 1.82) is 0 Å². The molecule has 2 aromatic heterocycles. The Bertz CT molecular complexity index is 747. The van der Waals surface area contributed by atoms with Gasteiger partial charge >= 0.3 is 0 Å². The molecule has 2 aliphatic rings. The van der Waals surface area contributed by atoms with Gasteiger partial charge < -0.3 is 10.1 Å². The zero-order valence-electron chi connectivity index (χ0n) is 14.1. The second kappa shape index (κ2) is 6.41. The van der Waals surface area contributed by atoms with Crippen molar-refractivity contribution in [3.05, 3.63) is 50.4 Å². The Hall–Kier alpha value is -0.940. The Kier molecular flexibility index (Phi) is 4.42. The first-order valence-electron chi connectivity index (χ1n) is 8.60. The molecule has 0 bridgehead atoms. The Morgan fingerprint density at radius 3 is 3.04 bits per heavy atom. The van der Waals surface area contributed by atoms with Gasteiger partial charge in [0.25, 0.3) is 0 Å². The van der Waals surface area contributed by atoms with Crippen LogP contribution in [0.4, 0.5) is 0 Å². The van der Waals surface area contributed by atoms with Crippen molar-refractivity contribution in [2.24, 2.45) is 0 Å². The fraction of sp³-hybridized carbons (Fsp3) is 0.526. The van der Waals surface area contributed by atoms with Gasteiger partial charge in [-0.2, -0.15) is 0 Å².